The molecule has 20 heavy (non-hydrogen) atoms. The second kappa shape index (κ2) is 6.59. The summed E-state index contributed by atoms with van der Waals surface area (Å²) in [5, 5.41) is 5.94. The zero-order valence-corrected chi connectivity index (χ0v) is 13.7. The van der Waals surface area contributed by atoms with Crippen LogP contribution in [0.15, 0.2) is 17.5 Å². The summed E-state index contributed by atoms with van der Waals surface area (Å²) in [5.74, 6) is 0. The Morgan fingerprint density at radius 3 is 2.60 bits per heavy atom. The van der Waals surface area contributed by atoms with Crippen LogP contribution < -0.4 is 5.32 Å². The summed E-state index contributed by atoms with van der Waals surface area (Å²) in [7, 11) is 0. The van der Waals surface area contributed by atoms with E-state index in [9.17, 15) is 0 Å². The molecule has 0 amide bonds. The van der Waals surface area contributed by atoms with Gasteiger partial charge in [0.1, 0.15) is 0 Å². The highest BCUT2D eigenvalue weighted by Gasteiger charge is 2.41. The van der Waals surface area contributed by atoms with Crippen molar-refractivity contribution in [3.05, 3.63) is 22.4 Å². The fraction of sp³-hybridized carbons (Fsp3) is 0.765. The summed E-state index contributed by atoms with van der Waals surface area (Å²) in [6, 6.07) is 7.58. The normalized spacial score (nSPS) is 32.2. The average molecular weight is 292 g/mol. The number of nitrogens with zero attached hydrogens (tertiary/aromatic N) is 1. The number of nitrogens with one attached hydrogen (secondary N) is 1. The molecule has 2 aliphatic heterocycles. The third-order valence-electron chi connectivity index (χ3n) is 5.14. The van der Waals surface area contributed by atoms with E-state index >= 15 is 0 Å². The highest BCUT2D eigenvalue weighted by atomic mass is 32.1. The zero-order chi connectivity index (χ0) is 13.9. The third-order valence-corrected chi connectivity index (χ3v) is 6.12. The molecule has 3 unspecified atom stereocenters. The van der Waals surface area contributed by atoms with E-state index in [1.54, 1.807) is 4.88 Å². The molecule has 3 atom stereocenters. The first-order valence-electron chi connectivity index (χ1n) is 8.37. The predicted molar refractivity (Wildman–Crippen MR) is 87.3 cm³/mol. The van der Waals surface area contributed by atoms with Gasteiger partial charge < -0.3 is 5.32 Å². The van der Waals surface area contributed by atoms with Gasteiger partial charge in [-0.1, -0.05) is 26.3 Å². The van der Waals surface area contributed by atoms with Gasteiger partial charge in [0.15, 0.2) is 0 Å². The lowest BCUT2D eigenvalue weighted by atomic mass is 9.80. The van der Waals surface area contributed by atoms with Gasteiger partial charge in [0.05, 0.1) is 0 Å². The summed E-state index contributed by atoms with van der Waals surface area (Å²) in [6.07, 6.45) is 8.20. The molecule has 3 rings (SSSR count). The van der Waals surface area contributed by atoms with Gasteiger partial charge in [0.25, 0.3) is 0 Å². The van der Waals surface area contributed by atoms with Gasteiger partial charge in [-0.2, -0.15) is 0 Å². The summed E-state index contributed by atoms with van der Waals surface area (Å²) < 4.78 is 0. The van der Waals surface area contributed by atoms with E-state index in [0.717, 1.165) is 24.7 Å². The molecular weight excluding hydrogens is 264 g/mol. The maximum atomic E-state index is 3.70. The van der Waals surface area contributed by atoms with Gasteiger partial charge in [-0.3, -0.25) is 4.90 Å². The Bertz CT molecular complexity index is 389. The molecule has 1 N–H and O–H groups in total. The number of piperidine rings is 2. The van der Waals surface area contributed by atoms with E-state index in [1.807, 2.05) is 11.3 Å². The molecule has 2 bridgehead atoms. The highest BCUT2D eigenvalue weighted by molar-refractivity contribution is 7.10. The van der Waals surface area contributed by atoms with Gasteiger partial charge in [0.2, 0.25) is 0 Å². The Morgan fingerprint density at radius 1 is 1.30 bits per heavy atom. The van der Waals surface area contributed by atoms with E-state index in [-0.39, 0.29) is 0 Å². The zero-order valence-electron chi connectivity index (χ0n) is 12.8. The topological polar surface area (TPSA) is 15.3 Å². The first kappa shape index (κ1) is 14.6. The molecule has 2 nitrogen and oxygen atoms in total. The minimum Gasteiger partial charge on any atom is -0.314 e. The number of fused-ring (bicyclic) bond motifs is 2. The van der Waals surface area contributed by atoms with Gasteiger partial charge in [-0.05, 0) is 50.1 Å². The number of rotatable bonds is 5. The minimum atomic E-state index is 0.660. The predicted octanol–water partition coefficient (Wildman–Crippen LogP) is 4.19. The van der Waals surface area contributed by atoms with E-state index in [4.69, 9.17) is 0 Å². The molecule has 3 heteroatoms. The lowest BCUT2D eigenvalue weighted by Gasteiger charge is -2.52. The van der Waals surface area contributed by atoms with Crippen molar-refractivity contribution in [2.24, 2.45) is 0 Å². The first-order chi connectivity index (χ1) is 9.83. The summed E-state index contributed by atoms with van der Waals surface area (Å²) in [6.45, 7) is 5.71. The van der Waals surface area contributed by atoms with E-state index in [0.29, 0.717) is 6.04 Å². The molecular formula is C17H28N2S. The standard InChI is InChI=1S/C17H28N2S/c1-3-16(17-9-6-10-20-17)19-14-7-5-8-15(19)12-13(11-14)18-4-2/h6,9-10,13-16,18H,3-5,7-8,11-12H2,1-2H3. The summed E-state index contributed by atoms with van der Waals surface area (Å²) in [5.41, 5.74) is 0. The fourth-order valence-corrected chi connectivity index (χ4v) is 5.34. The largest absolute Gasteiger partial charge is 0.314 e. The first-order valence-corrected chi connectivity index (χ1v) is 9.25. The van der Waals surface area contributed by atoms with Crippen molar-refractivity contribution in [2.75, 3.05) is 6.54 Å². The van der Waals surface area contributed by atoms with Crippen molar-refractivity contribution < 1.29 is 0 Å². The Morgan fingerprint density at radius 2 is 2.05 bits per heavy atom. The van der Waals surface area contributed by atoms with E-state index in [2.05, 4.69) is 41.6 Å². The molecule has 2 fully saturated rings. The van der Waals surface area contributed by atoms with Crippen LogP contribution in [0.2, 0.25) is 0 Å². The summed E-state index contributed by atoms with van der Waals surface area (Å²) >= 11 is 1.94. The smallest absolute Gasteiger partial charge is 0.0444 e. The minimum absolute atomic E-state index is 0.660. The Hall–Kier alpha value is -0.380. The van der Waals surface area contributed by atoms with Gasteiger partial charge in [-0.15, -0.1) is 11.3 Å². The SMILES string of the molecule is CCNC1CC2CCCC(C1)N2C(CC)c1cccs1. The third kappa shape index (κ3) is 2.81. The monoisotopic (exact) mass is 292 g/mol. The molecule has 0 saturated carbocycles. The summed E-state index contributed by atoms with van der Waals surface area (Å²) in [4.78, 5) is 4.47. The Balaban J connectivity index is 1.78. The van der Waals surface area contributed by atoms with Crippen molar-refractivity contribution >= 4 is 11.3 Å². The van der Waals surface area contributed by atoms with Crippen molar-refractivity contribution in [1.29, 1.82) is 0 Å². The van der Waals surface area contributed by atoms with Crippen LogP contribution in [0.4, 0.5) is 0 Å². The van der Waals surface area contributed by atoms with Crippen LogP contribution in [0.1, 0.15) is 63.3 Å². The Labute approximate surface area is 127 Å². The molecule has 3 heterocycles. The van der Waals surface area contributed by atoms with Crippen molar-refractivity contribution in [3.8, 4) is 0 Å². The molecule has 112 valence electrons. The van der Waals surface area contributed by atoms with Crippen LogP contribution in [-0.4, -0.2) is 29.6 Å². The maximum Gasteiger partial charge on any atom is 0.0444 e. The fourth-order valence-electron chi connectivity index (χ4n) is 4.42. The number of hydrogen-bond donors (Lipinski definition) is 1. The average Bonchev–Trinajstić information content (AvgIpc) is 2.94. The van der Waals surface area contributed by atoms with Crippen LogP contribution >= 0.6 is 11.3 Å². The van der Waals surface area contributed by atoms with Crippen LogP contribution in [0.3, 0.4) is 0 Å². The van der Waals surface area contributed by atoms with Crippen LogP contribution in [0.5, 0.6) is 0 Å². The maximum absolute atomic E-state index is 3.70. The number of thiophene rings is 1. The van der Waals surface area contributed by atoms with E-state index in [1.165, 1.54) is 38.5 Å². The van der Waals surface area contributed by atoms with Gasteiger partial charge >= 0.3 is 0 Å². The molecule has 2 aliphatic rings. The molecule has 0 radical (unpaired) electrons. The number of hydrogen-bond acceptors (Lipinski definition) is 3. The van der Waals surface area contributed by atoms with Crippen molar-refractivity contribution in [1.82, 2.24) is 10.2 Å². The lowest BCUT2D eigenvalue weighted by molar-refractivity contribution is -0.0119. The molecule has 2 saturated heterocycles. The molecule has 0 aliphatic carbocycles. The van der Waals surface area contributed by atoms with Crippen LogP contribution in [0.25, 0.3) is 0 Å². The van der Waals surface area contributed by atoms with Crippen LogP contribution in [-0.2, 0) is 0 Å². The molecule has 0 aromatic carbocycles. The van der Waals surface area contributed by atoms with E-state index < -0.39 is 0 Å². The molecule has 0 spiro atoms. The van der Waals surface area contributed by atoms with Crippen LogP contribution in [0, 0.1) is 0 Å². The van der Waals surface area contributed by atoms with Gasteiger partial charge in [0, 0.05) is 29.0 Å². The molecule has 1 aromatic heterocycles. The molecule has 1 aromatic rings. The van der Waals surface area contributed by atoms with Gasteiger partial charge in [-0.25, -0.2) is 0 Å². The highest BCUT2D eigenvalue weighted by Crippen LogP contribution is 2.42. The quantitative estimate of drug-likeness (QED) is 0.875. The lowest BCUT2D eigenvalue weighted by Crippen LogP contribution is -2.57. The van der Waals surface area contributed by atoms with Crippen molar-refractivity contribution in [3.63, 3.8) is 0 Å². The Kier molecular flexibility index (Phi) is 4.79. The second-order valence-electron chi connectivity index (χ2n) is 6.35. The van der Waals surface area contributed by atoms with Crippen molar-refractivity contribution in [2.45, 2.75) is 76.5 Å². The second-order valence-corrected chi connectivity index (χ2v) is 7.33.